The Morgan fingerprint density at radius 3 is 2.66 bits per heavy atom. The first kappa shape index (κ1) is 28.4. The zero-order chi connectivity index (χ0) is 27.1. The summed E-state index contributed by atoms with van der Waals surface area (Å²) in [5, 5.41) is 14.6. The molecule has 3 atom stereocenters. The van der Waals surface area contributed by atoms with E-state index in [1.807, 2.05) is 61.2 Å². The monoisotopic (exact) mass is 541 g/mol. The number of carbonyl (C=O) groups excluding carboxylic acids is 2. The lowest BCUT2D eigenvalue weighted by molar-refractivity contribution is -0.137. The molecule has 2 aromatic rings. The molecule has 2 heterocycles. The first-order chi connectivity index (χ1) is 18.2. The van der Waals surface area contributed by atoms with E-state index in [-0.39, 0.29) is 30.3 Å². The van der Waals surface area contributed by atoms with Crippen molar-refractivity contribution < 1.29 is 19.4 Å². The Morgan fingerprint density at radius 2 is 1.89 bits per heavy atom. The number of amides is 3. The van der Waals surface area contributed by atoms with Crippen LogP contribution in [0.4, 0.5) is 10.5 Å². The van der Waals surface area contributed by atoms with Gasteiger partial charge in [0, 0.05) is 55.3 Å². The van der Waals surface area contributed by atoms with Crippen LogP contribution in [0.15, 0.2) is 54.6 Å². The van der Waals surface area contributed by atoms with E-state index in [0.29, 0.717) is 50.0 Å². The number of β-amino-alcohol motifs (C(OH)–C–C–N with tert-alkyl or cyclic N) is 1. The van der Waals surface area contributed by atoms with Crippen molar-refractivity contribution in [3.05, 3.63) is 65.2 Å². The quantitative estimate of drug-likeness (QED) is 0.543. The minimum atomic E-state index is -0.705. The molecule has 2 N–H and O–H groups in total. The largest absolute Gasteiger partial charge is 0.391 e. The molecule has 0 unspecified atom stereocenters. The second-order valence-electron chi connectivity index (χ2n) is 11.4. The second kappa shape index (κ2) is 13.0. The van der Waals surface area contributed by atoms with Crippen LogP contribution in [0.1, 0.15) is 45.1 Å². The average molecular weight is 542 g/mol. The van der Waals surface area contributed by atoms with Gasteiger partial charge in [0.05, 0.1) is 12.7 Å². The van der Waals surface area contributed by atoms with Crippen molar-refractivity contribution in [3.63, 3.8) is 0 Å². The molecular formula is C30H40ClN3O4. The summed E-state index contributed by atoms with van der Waals surface area (Å²) in [6.07, 6.45) is 2.19. The molecular weight excluding hydrogens is 502 g/mol. The number of anilines is 1. The molecule has 0 aromatic heterocycles. The number of aliphatic hydroxyl groups is 1. The van der Waals surface area contributed by atoms with Crippen molar-refractivity contribution in [2.24, 2.45) is 17.3 Å². The van der Waals surface area contributed by atoms with Crippen LogP contribution in [0.3, 0.4) is 0 Å². The standard InChI is InChI=1S/C30H40ClN3O4/c1-30(2)21-38-15-7-10-24-19-33(29(37)32-26-12-6-11-25(31)17-26)14-13-23(24)16-28(36)34(20-27(30)35)18-22-8-4-3-5-9-22/h3-6,8-9,11-12,17,23-24,27,35H,7,10,13-16,18-21H2,1-2H3,(H,32,37)/t23-,24-,27-/m0/s1. The number of carbonyl (C=O) groups is 2. The van der Waals surface area contributed by atoms with E-state index in [1.165, 1.54) is 0 Å². The number of hydrogen-bond acceptors (Lipinski definition) is 4. The molecule has 2 aromatic carbocycles. The number of rotatable bonds is 3. The Balaban J connectivity index is 1.48. The third-order valence-corrected chi connectivity index (χ3v) is 8.13. The lowest BCUT2D eigenvalue weighted by Gasteiger charge is -2.39. The highest BCUT2D eigenvalue weighted by atomic mass is 35.5. The van der Waals surface area contributed by atoms with Crippen LogP contribution in [0.5, 0.6) is 0 Å². The van der Waals surface area contributed by atoms with Crippen molar-refractivity contribution in [2.45, 2.75) is 52.2 Å². The number of piperidine rings is 1. The van der Waals surface area contributed by atoms with Gasteiger partial charge in [0.2, 0.25) is 5.91 Å². The van der Waals surface area contributed by atoms with E-state index in [9.17, 15) is 14.7 Å². The van der Waals surface area contributed by atoms with Crippen LogP contribution in [0.25, 0.3) is 0 Å². The third-order valence-electron chi connectivity index (χ3n) is 7.89. The molecule has 7 nitrogen and oxygen atoms in total. The topological polar surface area (TPSA) is 82.1 Å². The van der Waals surface area contributed by atoms with E-state index in [2.05, 4.69) is 5.32 Å². The summed E-state index contributed by atoms with van der Waals surface area (Å²) in [5.41, 5.74) is 1.22. The smallest absolute Gasteiger partial charge is 0.321 e. The molecule has 0 bridgehead atoms. The fourth-order valence-electron chi connectivity index (χ4n) is 5.38. The molecule has 2 saturated heterocycles. The van der Waals surface area contributed by atoms with Gasteiger partial charge in [-0.25, -0.2) is 4.79 Å². The maximum atomic E-state index is 13.7. The van der Waals surface area contributed by atoms with Crippen LogP contribution >= 0.6 is 11.6 Å². The average Bonchev–Trinajstić information content (AvgIpc) is 2.89. The normalized spacial score (nSPS) is 24.9. The molecule has 2 aliphatic rings. The number of likely N-dealkylation sites (tertiary alicyclic amines) is 1. The minimum Gasteiger partial charge on any atom is -0.391 e. The predicted octanol–water partition coefficient (Wildman–Crippen LogP) is 5.43. The van der Waals surface area contributed by atoms with E-state index >= 15 is 0 Å². The van der Waals surface area contributed by atoms with Gasteiger partial charge < -0.3 is 25.0 Å². The first-order valence-corrected chi connectivity index (χ1v) is 14.0. The Morgan fingerprint density at radius 1 is 1.11 bits per heavy atom. The fraction of sp³-hybridized carbons (Fsp3) is 0.533. The van der Waals surface area contributed by atoms with E-state index in [4.69, 9.17) is 16.3 Å². The summed E-state index contributed by atoms with van der Waals surface area (Å²) >= 11 is 6.08. The van der Waals surface area contributed by atoms with Crippen LogP contribution in [-0.4, -0.2) is 65.8 Å². The Kier molecular flexibility index (Phi) is 9.69. The highest BCUT2D eigenvalue weighted by Crippen LogP contribution is 2.33. The summed E-state index contributed by atoms with van der Waals surface area (Å²) in [5.74, 6) is 0.413. The Labute approximate surface area is 231 Å². The van der Waals surface area contributed by atoms with Gasteiger partial charge in [-0.1, -0.05) is 61.8 Å². The first-order valence-electron chi connectivity index (χ1n) is 13.6. The zero-order valence-electron chi connectivity index (χ0n) is 22.4. The summed E-state index contributed by atoms with van der Waals surface area (Å²) < 4.78 is 5.99. The fourth-order valence-corrected chi connectivity index (χ4v) is 5.57. The summed E-state index contributed by atoms with van der Waals surface area (Å²) in [7, 11) is 0. The number of aliphatic hydroxyl groups excluding tert-OH is 1. The van der Waals surface area contributed by atoms with Crippen molar-refractivity contribution in [1.82, 2.24) is 9.80 Å². The second-order valence-corrected chi connectivity index (χ2v) is 11.8. The molecule has 0 aliphatic carbocycles. The molecule has 206 valence electrons. The Bertz CT molecular complexity index is 1080. The third kappa shape index (κ3) is 7.71. The van der Waals surface area contributed by atoms with Gasteiger partial charge in [-0.3, -0.25) is 4.79 Å². The molecule has 2 aliphatic heterocycles. The minimum absolute atomic E-state index is 0.0516. The molecule has 3 amide bonds. The van der Waals surface area contributed by atoms with Gasteiger partial charge in [0.15, 0.2) is 0 Å². The van der Waals surface area contributed by atoms with Crippen molar-refractivity contribution in [3.8, 4) is 0 Å². The van der Waals surface area contributed by atoms with E-state index < -0.39 is 11.5 Å². The summed E-state index contributed by atoms with van der Waals surface area (Å²) in [6, 6.07) is 16.9. The molecule has 38 heavy (non-hydrogen) atoms. The summed E-state index contributed by atoms with van der Waals surface area (Å²) in [4.78, 5) is 30.4. The number of hydrogen-bond donors (Lipinski definition) is 2. The molecule has 0 radical (unpaired) electrons. The summed E-state index contributed by atoms with van der Waals surface area (Å²) in [6.45, 7) is 6.88. The lowest BCUT2D eigenvalue weighted by atomic mass is 9.80. The van der Waals surface area contributed by atoms with Crippen LogP contribution in [0, 0.1) is 17.3 Å². The van der Waals surface area contributed by atoms with Gasteiger partial charge in [-0.15, -0.1) is 0 Å². The predicted molar refractivity (Wildman–Crippen MR) is 150 cm³/mol. The van der Waals surface area contributed by atoms with Gasteiger partial charge in [-0.05, 0) is 54.9 Å². The van der Waals surface area contributed by atoms with Gasteiger partial charge in [-0.2, -0.15) is 0 Å². The van der Waals surface area contributed by atoms with Gasteiger partial charge in [0.25, 0.3) is 0 Å². The number of benzene rings is 2. The highest BCUT2D eigenvalue weighted by molar-refractivity contribution is 6.30. The van der Waals surface area contributed by atoms with Crippen LogP contribution in [-0.2, 0) is 16.1 Å². The maximum absolute atomic E-state index is 13.7. The molecule has 4 rings (SSSR count). The van der Waals surface area contributed by atoms with E-state index in [1.54, 1.807) is 17.0 Å². The number of nitrogens with one attached hydrogen (secondary N) is 1. The van der Waals surface area contributed by atoms with Crippen molar-refractivity contribution >= 4 is 29.2 Å². The number of nitrogens with zero attached hydrogens (tertiary/aromatic N) is 2. The van der Waals surface area contributed by atoms with E-state index in [0.717, 1.165) is 24.8 Å². The maximum Gasteiger partial charge on any atom is 0.321 e. The van der Waals surface area contributed by atoms with Crippen LogP contribution in [0.2, 0.25) is 5.02 Å². The zero-order valence-corrected chi connectivity index (χ0v) is 23.2. The SMILES string of the molecule is CC1(C)COCCC[C@H]2CN(C(=O)Nc3cccc(Cl)c3)CC[C@H]2CC(=O)N(Cc2ccccc2)C[C@@H]1O. The molecule has 0 spiro atoms. The molecule has 8 heteroatoms. The Hall–Kier alpha value is -2.61. The van der Waals surface area contributed by atoms with Crippen molar-refractivity contribution in [1.29, 1.82) is 0 Å². The number of fused-ring (bicyclic) bond motifs is 1. The van der Waals surface area contributed by atoms with Gasteiger partial charge >= 0.3 is 6.03 Å². The molecule has 0 saturated carbocycles. The highest BCUT2D eigenvalue weighted by Gasteiger charge is 2.36. The number of ether oxygens (including phenoxy) is 1. The van der Waals surface area contributed by atoms with Gasteiger partial charge in [0.1, 0.15) is 0 Å². The van der Waals surface area contributed by atoms with Crippen molar-refractivity contribution in [2.75, 3.05) is 38.2 Å². The number of urea groups is 1. The van der Waals surface area contributed by atoms with Crippen LogP contribution < -0.4 is 5.32 Å². The lowest BCUT2D eigenvalue weighted by Crippen LogP contribution is -2.48. The number of halogens is 1. The molecule has 2 fully saturated rings.